The van der Waals surface area contributed by atoms with Crippen molar-refractivity contribution < 1.29 is 13.5 Å². The summed E-state index contributed by atoms with van der Waals surface area (Å²) in [6.07, 6.45) is 18.5. The lowest BCUT2D eigenvalue weighted by Gasteiger charge is -2.28. The number of fused-ring (bicyclic) bond motifs is 8. The van der Waals surface area contributed by atoms with Crippen LogP contribution in [0.15, 0.2) is 199 Å². The summed E-state index contributed by atoms with van der Waals surface area (Å²) in [5.41, 5.74) is 12.2. The van der Waals surface area contributed by atoms with Crippen LogP contribution in [0.5, 0.6) is 0 Å². The molecule has 8 aromatic rings. The number of allylic oxidation sites excluding steroid dienone is 6. The highest BCUT2D eigenvalue weighted by atomic mass is 32.1. The summed E-state index contributed by atoms with van der Waals surface area (Å²) in [6.45, 7) is 28.2. The van der Waals surface area contributed by atoms with Crippen LogP contribution in [0, 0.1) is 11.7 Å². The molecule has 2 atom stereocenters. The first-order chi connectivity index (χ1) is 34.9. The van der Waals surface area contributed by atoms with E-state index in [1.54, 1.807) is 0 Å². The van der Waals surface area contributed by atoms with Gasteiger partial charge in [-0.05, 0) is 142 Å². The van der Waals surface area contributed by atoms with Gasteiger partial charge in [0, 0.05) is 26.1 Å². The Morgan fingerprint density at radius 1 is 0.833 bits per heavy atom. The van der Waals surface area contributed by atoms with Gasteiger partial charge >= 0.3 is 0 Å². The first-order valence-electron chi connectivity index (χ1n) is 25.7. The number of nitrogens with zero attached hydrogens (tertiary/aromatic N) is 3. The molecule has 6 aromatic carbocycles. The third-order valence-electron chi connectivity index (χ3n) is 15.0. The average molecular weight is 1000 g/mol. The molecule has 0 saturated carbocycles. The highest BCUT2D eigenvalue weighted by molar-refractivity contribution is 7.84. The van der Waals surface area contributed by atoms with Gasteiger partial charge < -0.3 is 0 Å². The van der Waals surface area contributed by atoms with Gasteiger partial charge in [0.05, 0.1) is 20.1 Å². The molecule has 3 nitrogen and oxygen atoms in total. The summed E-state index contributed by atoms with van der Waals surface area (Å²) in [6, 6.07) is 48.0. The van der Waals surface area contributed by atoms with Crippen molar-refractivity contribution in [3.8, 4) is 39.3 Å². The molecule has 0 fully saturated rings. The van der Waals surface area contributed by atoms with Gasteiger partial charge in [0.2, 0.25) is 0 Å². The predicted molar refractivity (Wildman–Crippen MR) is 316 cm³/mol. The van der Waals surface area contributed by atoms with Crippen molar-refractivity contribution in [2.24, 2.45) is 5.92 Å². The number of benzene rings is 6. The van der Waals surface area contributed by atoms with Gasteiger partial charge in [0.25, 0.3) is 5.82 Å². The first kappa shape index (κ1) is 50.6. The molecule has 0 N–H and O–H groups in total. The van der Waals surface area contributed by atoms with E-state index in [0.717, 1.165) is 82.0 Å². The molecular formula is C65H68FN3S2Si+2. The first-order valence-corrected chi connectivity index (χ1v) is 30.2. The summed E-state index contributed by atoms with van der Waals surface area (Å²) in [5, 5.41) is 4.04. The number of unbranched alkanes of at least 4 members (excludes halogenated alkanes) is 2. The van der Waals surface area contributed by atoms with Crippen molar-refractivity contribution in [2.75, 3.05) is 0 Å². The second kappa shape index (κ2) is 22.2. The van der Waals surface area contributed by atoms with Crippen molar-refractivity contribution >= 4 is 75.7 Å². The molecule has 0 spiro atoms. The van der Waals surface area contributed by atoms with Crippen LogP contribution in [-0.2, 0) is 6.42 Å². The fourth-order valence-corrected chi connectivity index (χ4v) is 15.2. The van der Waals surface area contributed by atoms with E-state index >= 15 is 0 Å². The molecule has 7 heteroatoms. The van der Waals surface area contributed by atoms with Gasteiger partial charge in [0.1, 0.15) is 23.9 Å². The smallest absolute Gasteiger partial charge is 0.208 e. The SMILES string of the molecule is C=C/C=C\CCCC[Si](C)(C)/C(=C/[N+](=C)C1CC(=C)[n+]2c(n(-c3ccc(-c4ccc(F)cc4)cc3)c3ccccc32)-c2cc3c(cc2CCC1C(=C)/C=C(/S)CC)sc1ccc(-c2ccccc2)cc13)CC. The zero-order valence-electron chi connectivity index (χ0n) is 42.5. The number of halogens is 1. The summed E-state index contributed by atoms with van der Waals surface area (Å²) < 4.78 is 23.8. The van der Waals surface area contributed by atoms with Crippen LogP contribution >= 0.6 is 24.0 Å². The second-order valence-corrected chi connectivity index (χ2v) is 26.7. The Morgan fingerprint density at radius 2 is 1.51 bits per heavy atom. The second-order valence-electron chi connectivity index (χ2n) is 20.1. The number of para-hydroxylation sites is 2. The van der Waals surface area contributed by atoms with E-state index in [4.69, 9.17) is 32.5 Å². The van der Waals surface area contributed by atoms with Crippen molar-refractivity contribution in [1.29, 1.82) is 0 Å². The Bertz CT molecular complexity index is 3420. The summed E-state index contributed by atoms with van der Waals surface area (Å²) in [5.74, 6) is 0.884. The monoisotopic (exact) mass is 1000 g/mol. The molecule has 9 rings (SSSR count). The largest absolute Gasteiger partial charge is 0.300 e. The molecule has 0 saturated heterocycles. The number of thiophene rings is 1. The molecule has 0 aliphatic carbocycles. The maximum absolute atomic E-state index is 14.1. The summed E-state index contributed by atoms with van der Waals surface area (Å²) in [4.78, 5) is 1.03. The van der Waals surface area contributed by atoms with Crippen LogP contribution in [0.2, 0.25) is 19.1 Å². The number of rotatable bonds is 16. The van der Waals surface area contributed by atoms with E-state index < -0.39 is 8.07 Å². The summed E-state index contributed by atoms with van der Waals surface area (Å²) >= 11 is 6.82. The van der Waals surface area contributed by atoms with E-state index in [9.17, 15) is 4.39 Å². The predicted octanol–water partition coefficient (Wildman–Crippen LogP) is 18.2. The molecule has 1 aliphatic rings. The quantitative estimate of drug-likeness (QED) is 0.0247. The van der Waals surface area contributed by atoms with Crippen LogP contribution < -0.4 is 4.57 Å². The van der Waals surface area contributed by atoms with E-state index in [1.165, 1.54) is 78.6 Å². The maximum atomic E-state index is 14.1. The highest BCUT2D eigenvalue weighted by Crippen LogP contribution is 2.43. The average Bonchev–Trinajstić information content (AvgIpc) is 3.93. The zero-order valence-corrected chi connectivity index (χ0v) is 45.2. The Kier molecular flexibility index (Phi) is 15.6. The molecule has 2 aromatic heterocycles. The number of aryl methyl sites for hydroxylation is 1. The number of thiol groups is 1. The molecule has 0 bridgehead atoms. The van der Waals surface area contributed by atoms with Crippen LogP contribution in [0.25, 0.3) is 76.2 Å². The van der Waals surface area contributed by atoms with Gasteiger partial charge in [-0.2, -0.15) is 9.13 Å². The Hall–Kier alpha value is -6.38. The third-order valence-corrected chi connectivity index (χ3v) is 20.4. The standard InChI is InChI=1S/C65H67FN3S2Si/c1-9-12-13-14-15-21-38-72(7,8)55(11-3)44-67(6)62-40-46(5)68-60-24-19-20-25-61(60)69(53-34-28-49(29-35-53)48-26-32-52(66)33-27-48)65(68)57-43-59-58-41-50(47-22-17-16-18-23-47)31-37-63(58)71-64(59)42-51(57)30-36-56(62)45(4)39-54(70)10-2/h9,12-13,16-20,22-29,31-35,37,39,41-44,56,62H,1,4-6,10-11,14-15,21,30,36,38,40H2,2-3,7-8H3/q+1/p+1/b13-12-,54-39+,55-44+. The van der Waals surface area contributed by atoms with Gasteiger partial charge in [-0.25, -0.2) is 8.97 Å². The van der Waals surface area contributed by atoms with Crippen LogP contribution in [0.1, 0.15) is 64.4 Å². The Balaban J connectivity index is 1.25. The molecule has 72 heavy (non-hydrogen) atoms. The van der Waals surface area contributed by atoms with E-state index in [-0.39, 0.29) is 17.8 Å². The number of imidazole rings is 1. The lowest BCUT2D eigenvalue weighted by atomic mass is 9.82. The normalized spacial score (nSPS) is 15.8. The minimum atomic E-state index is -1.79. The van der Waals surface area contributed by atoms with E-state index in [1.807, 2.05) is 29.5 Å². The minimum Gasteiger partial charge on any atom is -0.208 e. The lowest BCUT2D eigenvalue weighted by Crippen LogP contribution is -2.41. The molecule has 1 aliphatic heterocycles. The van der Waals surface area contributed by atoms with Crippen molar-refractivity contribution in [1.82, 2.24) is 4.57 Å². The van der Waals surface area contributed by atoms with Crippen molar-refractivity contribution in [2.45, 2.75) is 90.4 Å². The Labute approximate surface area is 437 Å². The number of aromatic nitrogens is 2. The minimum absolute atomic E-state index is 0.0434. The van der Waals surface area contributed by atoms with Crippen LogP contribution in [0.4, 0.5) is 4.39 Å². The Morgan fingerprint density at radius 3 is 2.24 bits per heavy atom. The zero-order chi connectivity index (χ0) is 50.5. The van der Waals surface area contributed by atoms with Crippen LogP contribution in [0.3, 0.4) is 0 Å². The molecule has 0 amide bonds. The molecular weight excluding hydrogens is 934 g/mol. The molecule has 0 radical (unpaired) electrons. The van der Waals surface area contributed by atoms with Gasteiger partial charge in [-0.1, -0.05) is 157 Å². The fourth-order valence-electron chi connectivity index (χ4n) is 10.9. The topological polar surface area (TPSA) is 11.8 Å². The lowest BCUT2D eigenvalue weighted by molar-refractivity contribution is -0.553. The molecule has 2 unspecified atom stereocenters. The number of hydrogen-bond acceptors (Lipinski definition) is 2. The summed E-state index contributed by atoms with van der Waals surface area (Å²) in [7, 11) is -1.79. The van der Waals surface area contributed by atoms with Crippen molar-refractivity contribution in [3.05, 3.63) is 211 Å². The number of hydrogen-bond donors (Lipinski definition) is 1. The van der Waals surface area contributed by atoms with Gasteiger partial charge in [-0.15, -0.1) is 24.0 Å². The fraction of sp³-hybridized carbons (Fsp3) is 0.231. The maximum Gasteiger partial charge on any atom is 0.300 e. The van der Waals surface area contributed by atoms with Crippen LogP contribution in [-0.4, -0.2) is 30.0 Å². The molecule has 3 heterocycles. The third kappa shape index (κ3) is 10.6. The van der Waals surface area contributed by atoms with E-state index in [0.29, 0.717) is 6.42 Å². The highest BCUT2D eigenvalue weighted by Gasteiger charge is 2.39. The van der Waals surface area contributed by atoms with E-state index in [2.05, 4.69) is 181 Å². The molecule has 364 valence electrons. The van der Waals surface area contributed by atoms with Gasteiger partial charge in [-0.3, -0.25) is 0 Å². The van der Waals surface area contributed by atoms with Crippen molar-refractivity contribution in [3.63, 3.8) is 0 Å². The van der Waals surface area contributed by atoms with Gasteiger partial charge in [0.15, 0.2) is 23.3 Å².